The maximum Gasteiger partial charge on any atom is 0.160 e. The summed E-state index contributed by atoms with van der Waals surface area (Å²) < 4.78 is 10.5. The molecule has 7 nitrogen and oxygen atoms in total. The average molecular weight is 277 g/mol. The molecule has 3 rings (SSSR count). The molecule has 7 heteroatoms. The van der Waals surface area contributed by atoms with Crippen LogP contribution in [0.4, 0.5) is 11.4 Å². The van der Waals surface area contributed by atoms with E-state index in [1.54, 1.807) is 6.07 Å². The molecule has 0 spiro atoms. The van der Waals surface area contributed by atoms with Crippen LogP contribution in [-0.4, -0.2) is 54.1 Å². The summed E-state index contributed by atoms with van der Waals surface area (Å²) in [6.45, 7) is 6.68. The van der Waals surface area contributed by atoms with Crippen molar-refractivity contribution in [3.63, 3.8) is 0 Å². The van der Waals surface area contributed by atoms with Crippen LogP contribution in [0.1, 0.15) is 6.92 Å². The van der Waals surface area contributed by atoms with Gasteiger partial charge >= 0.3 is 0 Å². The van der Waals surface area contributed by atoms with E-state index in [1.807, 2.05) is 6.07 Å². The maximum atomic E-state index is 5.82. The zero-order chi connectivity index (χ0) is 13.9. The molecule has 0 radical (unpaired) electrons. The molecule has 1 aliphatic heterocycles. The zero-order valence-electron chi connectivity index (χ0n) is 11.5. The SMILES string of the molecule is CCN1CCOC(CNc2ccc(N)c3nonc23)C1. The van der Waals surface area contributed by atoms with Gasteiger partial charge < -0.3 is 15.8 Å². The number of hydrogen-bond acceptors (Lipinski definition) is 7. The van der Waals surface area contributed by atoms with Gasteiger partial charge in [-0.2, -0.15) is 0 Å². The lowest BCUT2D eigenvalue weighted by Crippen LogP contribution is -2.45. The molecule has 0 bridgehead atoms. The van der Waals surface area contributed by atoms with Gasteiger partial charge in [-0.3, -0.25) is 4.90 Å². The van der Waals surface area contributed by atoms with Crippen molar-refractivity contribution in [1.82, 2.24) is 15.2 Å². The van der Waals surface area contributed by atoms with Gasteiger partial charge in [-0.25, -0.2) is 4.63 Å². The third-order valence-electron chi connectivity index (χ3n) is 3.64. The average Bonchev–Trinajstić information content (AvgIpc) is 2.97. The molecule has 0 amide bonds. The summed E-state index contributed by atoms with van der Waals surface area (Å²) in [5.74, 6) is 0. The normalized spacial score (nSPS) is 20.4. The van der Waals surface area contributed by atoms with Gasteiger partial charge in [-0.15, -0.1) is 0 Å². The third-order valence-corrected chi connectivity index (χ3v) is 3.64. The van der Waals surface area contributed by atoms with Crippen LogP contribution in [0.15, 0.2) is 16.8 Å². The molecular formula is C13H19N5O2. The first-order valence-electron chi connectivity index (χ1n) is 6.86. The fourth-order valence-electron chi connectivity index (χ4n) is 2.44. The summed E-state index contributed by atoms with van der Waals surface area (Å²) in [4.78, 5) is 2.38. The molecule has 1 aliphatic rings. The molecule has 1 atom stereocenters. The van der Waals surface area contributed by atoms with Gasteiger partial charge in [0.2, 0.25) is 0 Å². The summed E-state index contributed by atoms with van der Waals surface area (Å²) in [7, 11) is 0. The maximum absolute atomic E-state index is 5.82. The Balaban J connectivity index is 1.68. The highest BCUT2D eigenvalue weighted by molar-refractivity contribution is 5.94. The van der Waals surface area contributed by atoms with Crippen molar-refractivity contribution in [1.29, 1.82) is 0 Å². The number of benzene rings is 1. The van der Waals surface area contributed by atoms with Crippen molar-refractivity contribution in [3.05, 3.63) is 12.1 Å². The van der Waals surface area contributed by atoms with E-state index in [1.165, 1.54) is 0 Å². The van der Waals surface area contributed by atoms with Crippen LogP contribution in [0.3, 0.4) is 0 Å². The number of nitrogens with two attached hydrogens (primary N) is 1. The number of morpholine rings is 1. The van der Waals surface area contributed by atoms with E-state index < -0.39 is 0 Å². The van der Waals surface area contributed by atoms with Crippen molar-refractivity contribution in [2.45, 2.75) is 13.0 Å². The molecule has 2 heterocycles. The summed E-state index contributed by atoms with van der Waals surface area (Å²) in [6, 6.07) is 3.69. The van der Waals surface area contributed by atoms with Crippen LogP contribution in [0.2, 0.25) is 0 Å². The number of ether oxygens (including phenoxy) is 1. The number of nitrogen functional groups attached to an aromatic ring is 1. The number of nitrogens with zero attached hydrogens (tertiary/aromatic N) is 3. The van der Waals surface area contributed by atoms with Crippen molar-refractivity contribution >= 4 is 22.4 Å². The monoisotopic (exact) mass is 277 g/mol. The van der Waals surface area contributed by atoms with Crippen LogP contribution < -0.4 is 11.1 Å². The van der Waals surface area contributed by atoms with E-state index in [9.17, 15) is 0 Å². The molecule has 1 aromatic carbocycles. The fourth-order valence-corrected chi connectivity index (χ4v) is 2.44. The van der Waals surface area contributed by atoms with E-state index >= 15 is 0 Å². The highest BCUT2D eigenvalue weighted by atomic mass is 16.6. The van der Waals surface area contributed by atoms with Gasteiger partial charge in [0, 0.05) is 19.6 Å². The van der Waals surface area contributed by atoms with Crippen molar-refractivity contribution in [2.75, 3.05) is 43.8 Å². The fraction of sp³-hybridized carbons (Fsp3) is 0.538. The zero-order valence-corrected chi connectivity index (χ0v) is 11.5. The van der Waals surface area contributed by atoms with Gasteiger partial charge in [-0.05, 0) is 29.0 Å². The van der Waals surface area contributed by atoms with Crippen molar-refractivity contribution in [2.24, 2.45) is 0 Å². The first-order chi connectivity index (χ1) is 9.78. The smallest absolute Gasteiger partial charge is 0.160 e. The summed E-state index contributed by atoms with van der Waals surface area (Å²) in [5, 5.41) is 11.0. The lowest BCUT2D eigenvalue weighted by molar-refractivity contribution is -0.0191. The van der Waals surface area contributed by atoms with Gasteiger partial charge in [0.25, 0.3) is 0 Å². The minimum absolute atomic E-state index is 0.177. The Morgan fingerprint density at radius 3 is 3.10 bits per heavy atom. The molecular weight excluding hydrogens is 258 g/mol. The van der Waals surface area contributed by atoms with Crippen LogP contribution in [-0.2, 0) is 4.74 Å². The molecule has 2 aromatic rings. The lowest BCUT2D eigenvalue weighted by Gasteiger charge is -2.32. The molecule has 1 saturated heterocycles. The van der Waals surface area contributed by atoms with E-state index in [4.69, 9.17) is 15.1 Å². The number of hydrogen-bond donors (Lipinski definition) is 2. The summed E-state index contributed by atoms with van der Waals surface area (Å²) in [5.41, 5.74) is 8.51. The van der Waals surface area contributed by atoms with Gasteiger partial charge in [0.1, 0.15) is 0 Å². The first-order valence-corrected chi connectivity index (χ1v) is 6.86. The minimum Gasteiger partial charge on any atom is -0.397 e. The number of likely N-dealkylation sites (N-methyl/N-ethyl adjacent to an activating group) is 1. The Morgan fingerprint density at radius 2 is 2.25 bits per heavy atom. The first kappa shape index (κ1) is 13.1. The molecule has 108 valence electrons. The second kappa shape index (κ2) is 5.64. The van der Waals surface area contributed by atoms with Crippen molar-refractivity contribution in [3.8, 4) is 0 Å². The van der Waals surface area contributed by atoms with E-state index in [0.717, 1.165) is 38.5 Å². The third kappa shape index (κ3) is 2.54. The molecule has 0 aliphatic carbocycles. The molecule has 1 aromatic heterocycles. The molecule has 1 unspecified atom stereocenters. The predicted octanol–water partition coefficient (Wildman–Crippen LogP) is 0.938. The second-order valence-corrected chi connectivity index (χ2v) is 4.93. The Morgan fingerprint density at radius 1 is 1.40 bits per heavy atom. The molecule has 20 heavy (non-hydrogen) atoms. The number of anilines is 2. The topological polar surface area (TPSA) is 89.4 Å². The lowest BCUT2D eigenvalue weighted by atomic mass is 10.2. The summed E-state index contributed by atoms with van der Waals surface area (Å²) >= 11 is 0. The Bertz CT molecular complexity index is 585. The Kier molecular flexibility index (Phi) is 3.70. The highest BCUT2D eigenvalue weighted by Crippen LogP contribution is 2.25. The van der Waals surface area contributed by atoms with E-state index in [2.05, 4.69) is 27.5 Å². The Hall–Kier alpha value is -1.86. The number of rotatable bonds is 4. The number of fused-ring (bicyclic) bond motifs is 1. The number of nitrogens with one attached hydrogen (secondary N) is 1. The van der Waals surface area contributed by atoms with Gasteiger partial charge in [0.05, 0.1) is 24.1 Å². The van der Waals surface area contributed by atoms with Gasteiger partial charge in [-0.1, -0.05) is 6.92 Å². The molecule has 0 saturated carbocycles. The predicted molar refractivity (Wildman–Crippen MR) is 76.6 cm³/mol. The minimum atomic E-state index is 0.177. The van der Waals surface area contributed by atoms with E-state index in [-0.39, 0.29) is 6.10 Å². The molecule has 3 N–H and O–H groups in total. The molecule has 1 fully saturated rings. The standard InChI is InChI=1S/C13H19N5O2/c1-2-18-5-6-19-9(8-18)7-15-11-4-3-10(14)12-13(11)17-20-16-12/h3-4,9,15H,2,5-8,14H2,1H3. The largest absolute Gasteiger partial charge is 0.397 e. The van der Waals surface area contributed by atoms with Crippen LogP contribution in [0, 0.1) is 0 Å². The van der Waals surface area contributed by atoms with Crippen molar-refractivity contribution < 1.29 is 9.37 Å². The quantitative estimate of drug-likeness (QED) is 0.804. The van der Waals surface area contributed by atoms with Gasteiger partial charge in [0.15, 0.2) is 11.0 Å². The van der Waals surface area contributed by atoms with Crippen LogP contribution >= 0.6 is 0 Å². The second-order valence-electron chi connectivity index (χ2n) is 4.93. The van der Waals surface area contributed by atoms with Crippen LogP contribution in [0.25, 0.3) is 11.0 Å². The Labute approximate surface area is 117 Å². The van der Waals surface area contributed by atoms with Crippen LogP contribution in [0.5, 0.6) is 0 Å². The highest BCUT2D eigenvalue weighted by Gasteiger charge is 2.19. The van der Waals surface area contributed by atoms with E-state index in [0.29, 0.717) is 16.7 Å². The summed E-state index contributed by atoms with van der Waals surface area (Å²) in [6.07, 6.45) is 0.177. The number of aromatic nitrogens is 2.